The first-order chi connectivity index (χ1) is 19.5. The van der Waals surface area contributed by atoms with E-state index in [2.05, 4.69) is 23.0 Å². The molecule has 1 aromatic rings. The third kappa shape index (κ3) is 15.1. The molecule has 0 heterocycles. The summed E-state index contributed by atoms with van der Waals surface area (Å²) in [6.07, 6.45) is 4.47. The number of carbonyl (C=O) groups excluding carboxylic acids is 4. The number of thiol groups is 1. The molecule has 0 aliphatic carbocycles. The Hall–Kier alpha value is -3.31. The summed E-state index contributed by atoms with van der Waals surface area (Å²) >= 11 is 3.63. The molecule has 0 fully saturated rings. The zero-order chi connectivity index (χ0) is 31.9. The predicted octanol–water partition coefficient (Wildman–Crippen LogP) is 5.60. The number of hydrogen-bond donors (Lipinski definition) is 3. The van der Waals surface area contributed by atoms with Crippen molar-refractivity contribution in [2.75, 3.05) is 6.54 Å². The molecule has 0 bridgehead atoms. The van der Waals surface area contributed by atoms with E-state index >= 15 is 0 Å². The first-order valence-electron chi connectivity index (χ1n) is 13.9. The average Bonchev–Trinajstić information content (AvgIpc) is 2.89. The van der Waals surface area contributed by atoms with Crippen LogP contribution in [0.3, 0.4) is 0 Å². The lowest BCUT2D eigenvalue weighted by molar-refractivity contribution is -0.178. The van der Waals surface area contributed by atoms with Crippen LogP contribution in [0.15, 0.2) is 48.6 Å². The lowest BCUT2D eigenvalue weighted by Crippen LogP contribution is -2.44. The molecule has 10 nitrogen and oxygen atoms in total. The van der Waals surface area contributed by atoms with Gasteiger partial charge in [0.2, 0.25) is 0 Å². The molecular weight excluding hydrogens is 560 g/mol. The minimum Gasteiger partial charge on any atom is -0.459 e. The van der Waals surface area contributed by atoms with Gasteiger partial charge in [0, 0.05) is 25.0 Å². The quantitative estimate of drug-likeness (QED) is 0.0769. The Bertz CT molecular complexity index is 1080. The average molecular weight is 607 g/mol. The summed E-state index contributed by atoms with van der Waals surface area (Å²) in [7, 11) is 0. The molecule has 0 unspecified atom stereocenters. The number of benzene rings is 1. The second-order valence-corrected chi connectivity index (χ2v) is 12.2. The first-order valence-corrected chi connectivity index (χ1v) is 14.4. The number of rotatable bonds is 15. The molecule has 1 amide bonds. The zero-order valence-electron chi connectivity index (χ0n) is 25.8. The van der Waals surface area contributed by atoms with Gasteiger partial charge in [-0.05, 0) is 52.5 Å². The van der Waals surface area contributed by atoms with E-state index in [-0.39, 0.29) is 31.2 Å². The number of carbonyl (C=O) groups is 4. The van der Waals surface area contributed by atoms with Crippen molar-refractivity contribution in [3.63, 3.8) is 0 Å². The number of hydrogen-bond acceptors (Lipinski definition) is 10. The lowest BCUT2D eigenvalue weighted by atomic mass is 9.93. The standard InChI is InChI=1S/C31H46N2O8S/c1-21(2)19-25(39-28(36)31(7,8)20-32-29(37)40-30(4,5)6)27(35)38-24(15-12-16-26(34)41-33-42)22(3)17-18-23-13-10-9-11-14-23/h9-14,16-18,21-22,24-25,33,42H,15,19-20H2,1-8H3,(H,32,37)/b16-12+,18-17+/t22-,24+,25+/m1/s1. The summed E-state index contributed by atoms with van der Waals surface area (Å²) in [4.78, 5) is 56.9. The third-order valence-corrected chi connectivity index (χ3v) is 5.93. The number of amides is 1. The Labute approximate surface area is 255 Å². The predicted molar refractivity (Wildman–Crippen MR) is 164 cm³/mol. The van der Waals surface area contributed by atoms with Gasteiger partial charge in [-0.3, -0.25) is 4.79 Å². The Kier molecular flexibility index (Phi) is 15.4. The van der Waals surface area contributed by atoms with Crippen LogP contribution in [0, 0.1) is 17.3 Å². The van der Waals surface area contributed by atoms with E-state index in [1.807, 2.05) is 68.1 Å². The van der Waals surface area contributed by atoms with Crippen molar-refractivity contribution in [3.05, 3.63) is 54.1 Å². The van der Waals surface area contributed by atoms with Gasteiger partial charge in [-0.1, -0.05) is 87.0 Å². The van der Waals surface area contributed by atoms with Gasteiger partial charge in [-0.15, -0.1) is 0 Å². The van der Waals surface area contributed by atoms with Gasteiger partial charge in [-0.2, -0.15) is 0 Å². The summed E-state index contributed by atoms with van der Waals surface area (Å²) in [6.45, 7) is 14.0. The van der Waals surface area contributed by atoms with Gasteiger partial charge in [0.15, 0.2) is 6.10 Å². The molecule has 1 aromatic carbocycles. The summed E-state index contributed by atoms with van der Waals surface area (Å²) < 4.78 is 16.8. The van der Waals surface area contributed by atoms with Crippen molar-refractivity contribution in [3.8, 4) is 0 Å². The van der Waals surface area contributed by atoms with Gasteiger partial charge in [-0.25, -0.2) is 14.4 Å². The van der Waals surface area contributed by atoms with Crippen LogP contribution < -0.4 is 10.2 Å². The molecule has 1 rings (SSSR count). The van der Waals surface area contributed by atoms with Crippen LogP contribution in [-0.4, -0.2) is 48.4 Å². The van der Waals surface area contributed by atoms with Crippen LogP contribution in [-0.2, 0) is 33.4 Å². The van der Waals surface area contributed by atoms with E-state index in [4.69, 9.17) is 14.2 Å². The topological polar surface area (TPSA) is 129 Å². The molecule has 0 saturated heterocycles. The second-order valence-electron chi connectivity index (χ2n) is 12.0. The molecule has 234 valence electrons. The van der Waals surface area contributed by atoms with Gasteiger partial charge in [0.05, 0.1) is 5.41 Å². The molecule has 0 spiro atoms. The minimum absolute atomic E-state index is 0.00981. The number of ether oxygens (including phenoxy) is 3. The Morgan fingerprint density at radius 1 is 0.976 bits per heavy atom. The van der Waals surface area contributed by atoms with Crippen LogP contribution in [0.25, 0.3) is 6.08 Å². The van der Waals surface area contributed by atoms with Crippen LogP contribution in [0.4, 0.5) is 4.79 Å². The molecule has 0 aromatic heterocycles. The molecule has 0 radical (unpaired) electrons. The number of esters is 2. The summed E-state index contributed by atoms with van der Waals surface area (Å²) in [5, 5.41) is 2.58. The lowest BCUT2D eigenvalue weighted by Gasteiger charge is -2.29. The van der Waals surface area contributed by atoms with E-state index in [1.165, 1.54) is 12.2 Å². The molecule has 2 N–H and O–H groups in total. The largest absolute Gasteiger partial charge is 0.459 e. The molecule has 0 aliphatic rings. The van der Waals surface area contributed by atoms with Crippen LogP contribution in [0.2, 0.25) is 0 Å². The fourth-order valence-corrected chi connectivity index (χ4v) is 3.60. The van der Waals surface area contributed by atoms with Crippen molar-refractivity contribution < 1.29 is 38.2 Å². The van der Waals surface area contributed by atoms with E-state index < -0.39 is 47.2 Å². The summed E-state index contributed by atoms with van der Waals surface area (Å²) in [5.74, 6) is -2.29. The van der Waals surface area contributed by atoms with E-state index in [1.54, 1.807) is 34.6 Å². The number of alkyl carbamates (subject to hydrolysis) is 1. The van der Waals surface area contributed by atoms with Crippen molar-refractivity contribution >= 4 is 42.9 Å². The van der Waals surface area contributed by atoms with Crippen molar-refractivity contribution in [1.29, 1.82) is 0 Å². The maximum absolute atomic E-state index is 13.4. The highest BCUT2D eigenvalue weighted by Gasteiger charge is 2.36. The van der Waals surface area contributed by atoms with Gasteiger partial charge < -0.3 is 24.4 Å². The highest BCUT2D eigenvalue weighted by atomic mass is 32.1. The Balaban J connectivity index is 3.06. The highest BCUT2D eigenvalue weighted by Crippen LogP contribution is 2.23. The minimum atomic E-state index is -1.17. The molecule has 11 heteroatoms. The maximum Gasteiger partial charge on any atom is 0.407 e. The fraction of sp³-hybridized carbons (Fsp3) is 0.548. The SMILES string of the molecule is CC(C)C[C@H](OC(=O)C(C)(C)CNC(=O)OC(C)(C)C)C(=O)O[C@@H](C/C=C/C(=O)ONS)[C@H](C)/C=C/c1ccccc1. The third-order valence-electron chi connectivity index (χ3n) is 5.84. The van der Waals surface area contributed by atoms with E-state index in [9.17, 15) is 19.2 Å². The van der Waals surface area contributed by atoms with Crippen molar-refractivity contribution in [2.45, 2.75) is 86.0 Å². The smallest absolute Gasteiger partial charge is 0.407 e. The van der Waals surface area contributed by atoms with Gasteiger partial charge in [0.1, 0.15) is 11.7 Å². The first kappa shape index (κ1) is 36.7. The molecular formula is C31H46N2O8S. The molecule has 42 heavy (non-hydrogen) atoms. The summed E-state index contributed by atoms with van der Waals surface area (Å²) in [6, 6.07) is 9.65. The molecule has 0 aliphatic heterocycles. The molecule has 0 saturated carbocycles. The van der Waals surface area contributed by atoms with Crippen molar-refractivity contribution in [2.24, 2.45) is 17.3 Å². The number of nitrogens with one attached hydrogen (secondary N) is 2. The maximum atomic E-state index is 13.4. The van der Waals surface area contributed by atoms with Crippen LogP contribution in [0.5, 0.6) is 0 Å². The van der Waals surface area contributed by atoms with Gasteiger partial charge in [0.25, 0.3) is 0 Å². The molecule has 3 atom stereocenters. The van der Waals surface area contributed by atoms with Gasteiger partial charge >= 0.3 is 24.0 Å². The highest BCUT2D eigenvalue weighted by molar-refractivity contribution is 7.77. The normalized spacial score (nSPS) is 14.3. The summed E-state index contributed by atoms with van der Waals surface area (Å²) in [5.41, 5.74) is -0.868. The Morgan fingerprint density at radius 2 is 1.62 bits per heavy atom. The van der Waals surface area contributed by atoms with Crippen LogP contribution >= 0.6 is 12.8 Å². The monoisotopic (exact) mass is 606 g/mol. The fourth-order valence-electron chi connectivity index (χ4n) is 3.51. The zero-order valence-corrected chi connectivity index (χ0v) is 26.7. The Morgan fingerprint density at radius 3 is 2.19 bits per heavy atom. The van der Waals surface area contributed by atoms with E-state index in [0.717, 1.165) is 5.56 Å². The van der Waals surface area contributed by atoms with E-state index in [0.29, 0.717) is 0 Å². The second kappa shape index (κ2) is 17.6. The van der Waals surface area contributed by atoms with Crippen LogP contribution in [0.1, 0.15) is 73.8 Å². The van der Waals surface area contributed by atoms with Crippen molar-refractivity contribution in [1.82, 2.24) is 10.2 Å².